The molecule has 1 amide bonds. The summed E-state index contributed by atoms with van der Waals surface area (Å²) in [5.74, 6) is 0.579. The Morgan fingerprint density at radius 1 is 1.53 bits per heavy atom. The number of rotatable bonds is 3. The lowest BCUT2D eigenvalue weighted by molar-refractivity contribution is 0.0923. The van der Waals surface area contributed by atoms with Crippen molar-refractivity contribution in [1.29, 1.82) is 0 Å². The van der Waals surface area contributed by atoms with Crippen LogP contribution < -0.4 is 11.1 Å². The number of nitrogens with one attached hydrogen (secondary N) is 1. The van der Waals surface area contributed by atoms with E-state index in [9.17, 15) is 4.79 Å². The molecule has 2 rings (SSSR count). The number of nitrogens with zero attached hydrogens (tertiary/aromatic N) is 1. The maximum atomic E-state index is 11.9. The lowest BCUT2D eigenvalue weighted by Crippen LogP contribution is -2.38. The highest BCUT2D eigenvalue weighted by Gasteiger charge is 2.22. The van der Waals surface area contributed by atoms with E-state index in [-0.39, 0.29) is 11.9 Å². The van der Waals surface area contributed by atoms with Crippen LogP contribution in [0.5, 0.6) is 0 Å². The van der Waals surface area contributed by atoms with E-state index in [1.807, 2.05) is 0 Å². The first-order valence-electron chi connectivity index (χ1n) is 6.19. The number of nitrogen functional groups attached to an aromatic ring is 1. The highest BCUT2D eigenvalue weighted by atomic mass is 32.1. The molecule has 0 unspecified atom stereocenters. The lowest BCUT2D eigenvalue weighted by Gasteiger charge is -2.28. The zero-order valence-corrected chi connectivity index (χ0v) is 10.9. The van der Waals surface area contributed by atoms with Crippen molar-refractivity contribution in [1.82, 2.24) is 10.3 Å². The van der Waals surface area contributed by atoms with E-state index >= 15 is 0 Å². The van der Waals surface area contributed by atoms with Crippen LogP contribution in [-0.4, -0.2) is 16.9 Å². The molecule has 0 radical (unpaired) electrons. The van der Waals surface area contributed by atoms with Crippen molar-refractivity contribution < 1.29 is 4.79 Å². The predicted octanol–water partition coefficient (Wildman–Crippen LogP) is 2.42. The van der Waals surface area contributed by atoms with Gasteiger partial charge in [0.1, 0.15) is 4.88 Å². The summed E-state index contributed by atoms with van der Waals surface area (Å²) in [5.41, 5.74) is 5.52. The van der Waals surface area contributed by atoms with E-state index in [2.05, 4.69) is 17.2 Å². The number of carbonyl (C=O) groups excluding carboxylic acids is 1. The number of nitrogens with two attached hydrogens (primary N) is 1. The second-order valence-corrected chi connectivity index (χ2v) is 5.79. The van der Waals surface area contributed by atoms with Crippen molar-refractivity contribution in [2.45, 2.75) is 45.1 Å². The van der Waals surface area contributed by atoms with E-state index in [0.29, 0.717) is 15.9 Å². The zero-order valence-electron chi connectivity index (χ0n) is 10.1. The number of amides is 1. The summed E-state index contributed by atoms with van der Waals surface area (Å²) in [6, 6.07) is 0.242. The lowest BCUT2D eigenvalue weighted by atomic mass is 9.84. The van der Waals surface area contributed by atoms with Crippen LogP contribution in [0.15, 0.2) is 6.20 Å². The highest BCUT2D eigenvalue weighted by molar-refractivity contribution is 7.17. The van der Waals surface area contributed by atoms with Crippen molar-refractivity contribution in [2.75, 3.05) is 5.73 Å². The number of anilines is 1. The number of thiazole rings is 1. The van der Waals surface area contributed by atoms with Crippen molar-refractivity contribution in [3.8, 4) is 0 Å². The molecule has 1 aromatic rings. The molecule has 1 heterocycles. The fraction of sp³-hybridized carbons (Fsp3) is 0.667. The van der Waals surface area contributed by atoms with Crippen LogP contribution in [0.4, 0.5) is 5.13 Å². The van der Waals surface area contributed by atoms with Crippen LogP contribution in [0.1, 0.15) is 48.7 Å². The van der Waals surface area contributed by atoms with Gasteiger partial charge in [0.2, 0.25) is 0 Å². The molecule has 94 valence electrons. The molecule has 5 heteroatoms. The van der Waals surface area contributed by atoms with Crippen LogP contribution in [0.3, 0.4) is 0 Å². The highest BCUT2D eigenvalue weighted by Crippen LogP contribution is 2.26. The molecule has 0 aliphatic heterocycles. The maximum Gasteiger partial charge on any atom is 0.263 e. The summed E-state index contributed by atoms with van der Waals surface area (Å²) in [6.45, 7) is 2.10. The van der Waals surface area contributed by atoms with E-state index < -0.39 is 0 Å². The summed E-state index contributed by atoms with van der Waals surface area (Å²) in [5, 5.41) is 3.50. The molecule has 1 fully saturated rings. The second-order valence-electron chi connectivity index (χ2n) is 4.72. The molecule has 1 aromatic heterocycles. The summed E-state index contributed by atoms with van der Waals surface area (Å²) < 4.78 is 0. The van der Waals surface area contributed by atoms with Crippen molar-refractivity contribution in [2.24, 2.45) is 5.92 Å². The minimum Gasteiger partial charge on any atom is -0.375 e. The van der Waals surface area contributed by atoms with Crippen LogP contribution in [0.2, 0.25) is 0 Å². The second kappa shape index (κ2) is 5.49. The Labute approximate surface area is 106 Å². The largest absolute Gasteiger partial charge is 0.375 e. The molecule has 1 atom stereocenters. The first kappa shape index (κ1) is 12.4. The van der Waals surface area contributed by atoms with Crippen molar-refractivity contribution in [3.05, 3.63) is 11.1 Å². The third-order valence-corrected chi connectivity index (χ3v) is 4.29. The molecule has 3 N–H and O–H groups in total. The SMILES string of the molecule is C[C@H](NC(=O)c1cnc(N)s1)C1CCCCC1. The Balaban J connectivity index is 1.89. The molecule has 0 aromatic carbocycles. The summed E-state index contributed by atoms with van der Waals surface area (Å²) in [7, 11) is 0. The molecule has 1 aliphatic rings. The summed E-state index contributed by atoms with van der Waals surface area (Å²) in [6.07, 6.45) is 7.92. The van der Waals surface area contributed by atoms with E-state index in [0.717, 1.165) is 0 Å². The van der Waals surface area contributed by atoms with Gasteiger partial charge < -0.3 is 11.1 Å². The Bertz CT molecular complexity index is 385. The van der Waals surface area contributed by atoms with Crippen LogP contribution in [0.25, 0.3) is 0 Å². The zero-order chi connectivity index (χ0) is 12.3. The molecule has 1 aliphatic carbocycles. The van der Waals surface area contributed by atoms with Crippen LogP contribution >= 0.6 is 11.3 Å². The molecular formula is C12H19N3OS. The van der Waals surface area contributed by atoms with Gasteiger partial charge in [0, 0.05) is 6.04 Å². The van der Waals surface area contributed by atoms with Crippen LogP contribution in [0, 0.1) is 5.92 Å². The fourth-order valence-corrected chi connectivity index (χ4v) is 3.01. The minimum atomic E-state index is -0.0442. The topological polar surface area (TPSA) is 68.0 Å². The molecule has 4 nitrogen and oxygen atoms in total. The van der Waals surface area contributed by atoms with Gasteiger partial charge in [-0.2, -0.15) is 0 Å². The monoisotopic (exact) mass is 253 g/mol. The average molecular weight is 253 g/mol. The number of carbonyl (C=O) groups is 1. The van der Waals surface area contributed by atoms with Gasteiger partial charge in [0.25, 0.3) is 5.91 Å². The van der Waals surface area contributed by atoms with Gasteiger partial charge in [-0.05, 0) is 25.7 Å². The number of hydrogen-bond acceptors (Lipinski definition) is 4. The smallest absolute Gasteiger partial charge is 0.263 e. The molecule has 1 saturated carbocycles. The Morgan fingerprint density at radius 2 is 2.24 bits per heavy atom. The Morgan fingerprint density at radius 3 is 2.82 bits per heavy atom. The molecule has 0 bridgehead atoms. The third kappa shape index (κ3) is 3.19. The average Bonchev–Trinajstić information content (AvgIpc) is 2.77. The first-order chi connectivity index (χ1) is 8.16. The van der Waals surface area contributed by atoms with Gasteiger partial charge in [-0.1, -0.05) is 30.6 Å². The number of hydrogen-bond donors (Lipinski definition) is 2. The number of aromatic nitrogens is 1. The minimum absolute atomic E-state index is 0.0442. The van der Waals surface area contributed by atoms with E-state index in [4.69, 9.17) is 5.73 Å². The van der Waals surface area contributed by atoms with Gasteiger partial charge in [0.15, 0.2) is 5.13 Å². The van der Waals surface area contributed by atoms with Crippen LogP contribution in [-0.2, 0) is 0 Å². The van der Waals surface area contributed by atoms with Gasteiger partial charge in [-0.25, -0.2) is 4.98 Å². The van der Waals surface area contributed by atoms with Gasteiger partial charge in [-0.15, -0.1) is 0 Å². The Hall–Kier alpha value is -1.10. The van der Waals surface area contributed by atoms with E-state index in [1.54, 1.807) is 6.20 Å². The third-order valence-electron chi connectivity index (χ3n) is 3.46. The van der Waals surface area contributed by atoms with Gasteiger partial charge in [-0.3, -0.25) is 4.79 Å². The standard InChI is InChI=1S/C12H19N3OS/c1-8(9-5-3-2-4-6-9)15-11(16)10-7-14-12(13)17-10/h7-9H,2-6H2,1H3,(H2,13,14)(H,15,16)/t8-/m0/s1. The molecule has 0 spiro atoms. The quantitative estimate of drug-likeness (QED) is 0.869. The van der Waals surface area contributed by atoms with Gasteiger partial charge in [0.05, 0.1) is 6.20 Å². The Kier molecular flexibility index (Phi) is 3.99. The summed E-state index contributed by atoms with van der Waals surface area (Å²) >= 11 is 1.24. The van der Waals surface area contributed by atoms with Gasteiger partial charge >= 0.3 is 0 Å². The first-order valence-corrected chi connectivity index (χ1v) is 7.00. The molecular weight excluding hydrogens is 234 g/mol. The van der Waals surface area contributed by atoms with E-state index in [1.165, 1.54) is 43.4 Å². The maximum absolute atomic E-state index is 11.9. The fourth-order valence-electron chi connectivity index (χ4n) is 2.42. The normalized spacial score (nSPS) is 18.9. The molecule has 17 heavy (non-hydrogen) atoms. The van der Waals surface area contributed by atoms with Crippen molar-refractivity contribution in [3.63, 3.8) is 0 Å². The molecule has 0 saturated heterocycles. The predicted molar refractivity (Wildman–Crippen MR) is 70.0 cm³/mol. The van der Waals surface area contributed by atoms with Crippen molar-refractivity contribution >= 4 is 22.4 Å². The summed E-state index contributed by atoms with van der Waals surface area (Å²) in [4.78, 5) is 16.4.